The molecule has 8 nitrogen and oxygen atoms in total. The van der Waals surface area contributed by atoms with Crippen LogP contribution in [0.25, 0.3) is 11.5 Å². The Morgan fingerprint density at radius 3 is 2.69 bits per heavy atom. The Kier molecular flexibility index (Phi) is 5.21. The van der Waals surface area contributed by atoms with Crippen molar-refractivity contribution in [3.63, 3.8) is 0 Å². The van der Waals surface area contributed by atoms with Gasteiger partial charge in [-0.1, -0.05) is 25.1 Å². The number of nitrogens with zero attached hydrogens (tertiary/aromatic N) is 4. The Bertz CT molecular complexity index is 949. The predicted octanol–water partition coefficient (Wildman–Crippen LogP) is 2.62. The van der Waals surface area contributed by atoms with Crippen LogP contribution in [0, 0.1) is 0 Å². The quantitative estimate of drug-likeness (QED) is 0.627. The molecule has 0 aliphatic rings. The number of carbonyl (C=O) groups excluding carboxylic acids is 1. The molecule has 0 amide bonds. The van der Waals surface area contributed by atoms with Gasteiger partial charge in [-0.15, -0.1) is 10.2 Å². The van der Waals surface area contributed by atoms with Crippen molar-refractivity contribution in [2.45, 2.75) is 32.9 Å². The molecule has 0 bridgehead atoms. The minimum Gasteiger partial charge on any atom is -0.448 e. The van der Waals surface area contributed by atoms with E-state index in [9.17, 15) is 9.59 Å². The number of hydrogen-bond donors (Lipinski definition) is 0. The zero-order valence-corrected chi connectivity index (χ0v) is 14.5. The Morgan fingerprint density at radius 1 is 1.19 bits per heavy atom. The molecule has 2 heterocycles. The summed E-state index contributed by atoms with van der Waals surface area (Å²) in [5, 5.41) is 11.9. The van der Waals surface area contributed by atoms with E-state index in [1.165, 1.54) is 16.8 Å². The monoisotopic (exact) mass is 354 g/mol. The van der Waals surface area contributed by atoms with Gasteiger partial charge >= 0.3 is 5.97 Å². The van der Waals surface area contributed by atoms with Crippen LogP contribution in [0.3, 0.4) is 0 Å². The number of rotatable bonds is 6. The maximum Gasteiger partial charge on any atom is 0.359 e. The Labute approximate surface area is 149 Å². The smallest absolute Gasteiger partial charge is 0.359 e. The van der Waals surface area contributed by atoms with Crippen molar-refractivity contribution in [1.82, 2.24) is 20.0 Å². The van der Waals surface area contributed by atoms with Gasteiger partial charge in [-0.25, -0.2) is 9.48 Å². The standard InChI is InChI=1S/C18H18N4O4/c1-3-11-22-15(23)10-9-14(21-22)18(24)25-12(2)16-19-20-17(26-16)13-7-5-4-6-8-13/h4-10,12H,3,11H2,1-2H3. The van der Waals surface area contributed by atoms with Gasteiger partial charge in [0.15, 0.2) is 11.8 Å². The van der Waals surface area contributed by atoms with Crippen LogP contribution in [0.4, 0.5) is 0 Å². The summed E-state index contributed by atoms with van der Waals surface area (Å²) >= 11 is 0. The Hall–Kier alpha value is -3.29. The van der Waals surface area contributed by atoms with Crippen molar-refractivity contribution in [2.24, 2.45) is 0 Å². The summed E-state index contributed by atoms with van der Waals surface area (Å²) in [6, 6.07) is 11.9. The zero-order valence-electron chi connectivity index (χ0n) is 14.5. The van der Waals surface area contributed by atoms with E-state index < -0.39 is 12.1 Å². The average Bonchev–Trinajstić information content (AvgIpc) is 3.15. The second-order valence-electron chi connectivity index (χ2n) is 5.64. The van der Waals surface area contributed by atoms with Gasteiger partial charge in [-0.2, -0.15) is 5.10 Å². The summed E-state index contributed by atoms with van der Waals surface area (Å²) in [5.41, 5.74) is 0.562. The molecular weight excluding hydrogens is 336 g/mol. The first kappa shape index (κ1) is 17.5. The zero-order chi connectivity index (χ0) is 18.5. The number of carbonyl (C=O) groups is 1. The van der Waals surface area contributed by atoms with Crippen LogP contribution in [-0.4, -0.2) is 25.9 Å². The molecule has 0 fully saturated rings. The molecule has 2 aromatic heterocycles. The van der Waals surface area contributed by atoms with Gasteiger partial charge in [0.05, 0.1) is 0 Å². The van der Waals surface area contributed by atoms with E-state index in [2.05, 4.69) is 15.3 Å². The van der Waals surface area contributed by atoms with Crippen molar-refractivity contribution >= 4 is 5.97 Å². The highest BCUT2D eigenvalue weighted by Crippen LogP contribution is 2.22. The van der Waals surface area contributed by atoms with E-state index in [4.69, 9.17) is 9.15 Å². The molecular formula is C18H18N4O4. The minimum absolute atomic E-state index is 0.0488. The molecule has 0 saturated carbocycles. The SMILES string of the molecule is CCCn1nc(C(=O)OC(C)c2nnc(-c3ccccc3)o2)ccc1=O. The molecule has 8 heteroatoms. The lowest BCUT2D eigenvalue weighted by Gasteiger charge is -2.10. The third-order valence-electron chi connectivity index (χ3n) is 3.60. The largest absolute Gasteiger partial charge is 0.448 e. The van der Waals surface area contributed by atoms with Gasteiger partial charge in [-0.05, 0) is 31.5 Å². The van der Waals surface area contributed by atoms with Crippen molar-refractivity contribution < 1.29 is 13.9 Å². The highest BCUT2D eigenvalue weighted by Gasteiger charge is 2.21. The summed E-state index contributed by atoms with van der Waals surface area (Å²) in [4.78, 5) is 24.0. The highest BCUT2D eigenvalue weighted by atomic mass is 16.6. The second-order valence-corrected chi connectivity index (χ2v) is 5.64. The van der Waals surface area contributed by atoms with Crippen LogP contribution < -0.4 is 5.56 Å². The number of ether oxygens (including phenoxy) is 1. The lowest BCUT2D eigenvalue weighted by molar-refractivity contribution is 0.0269. The highest BCUT2D eigenvalue weighted by molar-refractivity contribution is 5.87. The number of benzene rings is 1. The van der Waals surface area contributed by atoms with E-state index in [-0.39, 0.29) is 17.1 Å². The molecule has 0 aliphatic heterocycles. The van der Waals surface area contributed by atoms with Crippen LogP contribution >= 0.6 is 0 Å². The van der Waals surface area contributed by atoms with Gasteiger partial charge in [0.2, 0.25) is 5.89 Å². The maximum atomic E-state index is 12.3. The molecule has 3 aromatic rings. The first-order valence-electron chi connectivity index (χ1n) is 8.26. The van der Waals surface area contributed by atoms with Crippen LogP contribution in [0.5, 0.6) is 0 Å². The molecule has 3 rings (SSSR count). The number of aryl methyl sites for hydroxylation is 1. The molecule has 0 radical (unpaired) electrons. The summed E-state index contributed by atoms with van der Waals surface area (Å²) in [6.45, 7) is 3.98. The van der Waals surface area contributed by atoms with Gasteiger partial charge in [0.1, 0.15) is 0 Å². The fraction of sp³-hybridized carbons (Fsp3) is 0.278. The maximum absolute atomic E-state index is 12.3. The van der Waals surface area contributed by atoms with Gasteiger partial charge in [-0.3, -0.25) is 4.79 Å². The van der Waals surface area contributed by atoms with Crippen molar-refractivity contribution in [2.75, 3.05) is 0 Å². The average molecular weight is 354 g/mol. The molecule has 0 saturated heterocycles. The normalized spacial score (nSPS) is 11.9. The Morgan fingerprint density at radius 2 is 1.96 bits per heavy atom. The molecule has 26 heavy (non-hydrogen) atoms. The van der Waals surface area contributed by atoms with Crippen molar-refractivity contribution in [1.29, 1.82) is 0 Å². The van der Waals surface area contributed by atoms with E-state index in [1.54, 1.807) is 6.92 Å². The number of esters is 1. The fourth-order valence-electron chi connectivity index (χ4n) is 2.30. The molecule has 1 unspecified atom stereocenters. The van der Waals surface area contributed by atoms with Crippen molar-refractivity contribution in [3.8, 4) is 11.5 Å². The molecule has 134 valence electrons. The van der Waals surface area contributed by atoms with Crippen LogP contribution in [-0.2, 0) is 11.3 Å². The third kappa shape index (κ3) is 3.85. The summed E-state index contributed by atoms with van der Waals surface area (Å²) in [7, 11) is 0. The summed E-state index contributed by atoms with van der Waals surface area (Å²) < 4.78 is 12.1. The van der Waals surface area contributed by atoms with E-state index >= 15 is 0 Å². The van der Waals surface area contributed by atoms with Crippen molar-refractivity contribution in [3.05, 3.63) is 64.4 Å². The van der Waals surface area contributed by atoms with E-state index in [0.717, 1.165) is 12.0 Å². The molecule has 0 spiro atoms. The van der Waals surface area contributed by atoms with Crippen LogP contribution in [0.1, 0.15) is 42.8 Å². The summed E-state index contributed by atoms with van der Waals surface area (Å²) in [6.07, 6.45) is -0.0210. The first-order valence-corrected chi connectivity index (χ1v) is 8.26. The van der Waals surface area contributed by atoms with Crippen LogP contribution in [0.2, 0.25) is 0 Å². The van der Waals surface area contributed by atoms with E-state index in [0.29, 0.717) is 12.4 Å². The lowest BCUT2D eigenvalue weighted by atomic mass is 10.2. The molecule has 1 atom stereocenters. The van der Waals surface area contributed by atoms with Gasteiger partial charge < -0.3 is 9.15 Å². The molecule has 0 N–H and O–H groups in total. The topological polar surface area (TPSA) is 100 Å². The lowest BCUT2D eigenvalue weighted by Crippen LogP contribution is -2.25. The predicted molar refractivity (Wildman–Crippen MR) is 92.4 cm³/mol. The summed E-state index contributed by atoms with van der Waals surface area (Å²) in [5.74, 6) is -0.140. The minimum atomic E-state index is -0.749. The van der Waals surface area contributed by atoms with E-state index in [1.807, 2.05) is 37.3 Å². The second kappa shape index (κ2) is 7.73. The number of hydrogen-bond acceptors (Lipinski definition) is 7. The third-order valence-corrected chi connectivity index (χ3v) is 3.60. The van der Waals surface area contributed by atoms with Gasteiger partial charge in [0, 0.05) is 18.2 Å². The molecule has 0 aliphatic carbocycles. The first-order chi connectivity index (χ1) is 12.6. The number of aromatic nitrogens is 4. The van der Waals surface area contributed by atoms with Gasteiger partial charge in [0.25, 0.3) is 11.4 Å². The van der Waals surface area contributed by atoms with Crippen LogP contribution in [0.15, 0.2) is 51.7 Å². The molecule has 1 aromatic carbocycles. The Balaban J connectivity index is 1.73. The fourth-order valence-corrected chi connectivity index (χ4v) is 2.30.